The molecule has 4 nitrogen and oxygen atoms in total. The van der Waals surface area contributed by atoms with Crippen LogP contribution in [-0.2, 0) is 11.3 Å². The van der Waals surface area contributed by atoms with Crippen molar-refractivity contribution in [2.45, 2.75) is 57.7 Å². The zero-order valence-corrected chi connectivity index (χ0v) is 15.4. The quantitative estimate of drug-likeness (QED) is 0.720. The highest BCUT2D eigenvalue weighted by Gasteiger charge is 2.24. The molecule has 0 spiro atoms. The Morgan fingerprint density at radius 2 is 2.09 bits per heavy atom. The van der Waals surface area contributed by atoms with Crippen molar-refractivity contribution in [2.75, 3.05) is 13.1 Å². The van der Waals surface area contributed by atoms with Gasteiger partial charge in [0.2, 0.25) is 0 Å². The highest BCUT2D eigenvalue weighted by molar-refractivity contribution is 9.10. The van der Waals surface area contributed by atoms with Crippen LogP contribution in [0.5, 0.6) is 0 Å². The molecule has 0 saturated carbocycles. The van der Waals surface area contributed by atoms with Gasteiger partial charge >= 0.3 is 5.97 Å². The van der Waals surface area contributed by atoms with Crippen LogP contribution >= 0.6 is 15.9 Å². The third-order valence-electron chi connectivity index (χ3n) is 4.52. The lowest BCUT2D eigenvalue weighted by atomic mass is 10.0. The highest BCUT2D eigenvalue weighted by Crippen LogP contribution is 2.20. The maximum Gasteiger partial charge on any atom is 0.320 e. The van der Waals surface area contributed by atoms with E-state index in [4.69, 9.17) is 0 Å². The van der Waals surface area contributed by atoms with Gasteiger partial charge in [0.25, 0.3) is 0 Å². The fraction of sp³-hybridized carbons (Fsp3) is 0.611. The monoisotopic (exact) mass is 382 g/mol. The predicted octanol–water partition coefficient (Wildman–Crippen LogP) is 3.65. The van der Waals surface area contributed by atoms with E-state index in [9.17, 15) is 9.90 Å². The number of carboxylic acid groups (broad SMARTS) is 1. The summed E-state index contributed by atoms with van der Waals surface area (Å²) in [7, 11) is 0. The summed E-state index contributed by atoms with van der Waals surface area (Å²) in [6.45, 7) is 5.07. The Morgan fingerprint density at radius 1 is 1.39 bits per heavy atom. The van der Waals surface area contributed by atoms with Crippen molar-refractivity contribution >= 4 is 21.9 Å². The normalized spacial score (nSPS) is 18.0. The third-order valence-corrected chi connectivity index (χ3v) is 5.29. The van der Waals surface area contributed by atoms with Crippen LogP contribution < -0.4 is 5.32 Å². The number of hydrogen-bond donors (Lipinski definition) is 2. The highest BCUT2D eigenvalue weighted by atomic mass is 79.9. The summed E-state index contributed by atoms with van der Waals surface area (Å²) in [4.78, 5) is 13.8. The van der Waals surface area contributed by atoms with Gasteiger partial charge in [0.05, 0.1) is 0 Å². The number of nitrogens with one attached hydrogen (secondary N) is 1. The van der Waals surface area contributed by atoms with Crippen molar-refractivity contribution in [2.24, 2.45) is 0 Å². The Labute approximate surface area is 147 Å². The van der Waals surface area contributed by atoms with E-state index < -0.39 is 12.0 Å². The first-order valence-corrected chi connectivity index (χ1v) is 9.34. The number of unbranched alkanes of at least 4 members (excludes halogenated alkanes) is 1. The predicted molar refractivity (Wildman–Crippen MR) is 96.5 cm³/mol. The smallest absolute Gasteiger partial charge is 0.320 e. The molecule has 1 heterocycles. The number of likely N-dealkylation sites (tertiary alicyclic amines) is 1. The second-order valence-corrected chi connectivity index (χ2v) is 7.20. The Morgan fingerprint density at radius 3 is 2.70 bits per heavy atom. The molecule has 1 atom stereocenters. The van der Waals surface area contributed by atoms with Gasteiger partial charge in [-0.05, 0) is 44.0 Å². The van der Waals surface area contributed by atoms with Crippen LogP contribution in [-0.4, -0.2) is 41.1 Å². The molecule has 1 fully saturated rings. The molecular formula is C18H27BrN2O2. The van der Waals surface area contributed by atoms with Crippen LogP contribution in [0.1, 0.15) is 44.6 Å². The number of benzene rings is 1. The van der Waals surface area contributed by atoms with Crippen molar-refractivity contribution < 1.29 is 9.90 Å². The molecule has 1 saturated heterocycles. The van der Waals surface area contributed by atoms with Crippen molar-refractivity contribution in [1.82, 2.24) is 10.2 Å². The van der Waals surface area contributed by atoms with E-state index in [0.29, 0.717) is 6.04 Å². The van der Waals surface area contributed by atoms with Gasteiger partial charge in [-0.15, -0.1) is 0 Å². The van der Waals surface area contributed by atoms with Crippen LogP contribution in [0.15, 0.2) is 28.7 Å². The Hall–Kier alpha value is -0.910. The average molecular weight is 383 g/mol. The minimum atomic E-state index is -0.714. The molecule has 2 rings (SSSR count). The Balaban J connectivity index is 1.79. The molecular weight excluding hydrogens is 356 g/mol. The third kappa shape index (κ3) is 5.90. The Kier molecular flexibility index (Phi) is 7.53. The van der Waals surface area contributed by atoms with Crippen molar-refractivity contribution in [3.05, 3.63) is 34.3 Å². The van der Waals surface area contributed by atoms with Gasteiger partial charge in [-0.2, -0.15) is 0 Å². The van der Waals surface area contributed by atoms with Crippen molar-refractivity contribution in [1.29, 1.82) is 0 Å². The van der Waals surface area contributed by atoms with Gasteiger partial charge < -0.3 is 10.4 Å². The van der Waals surface area contributed by atoms with E-state index in [1.54, 1.807) is 0 Å². The molecule has 5 heteroatoms. The number of hydrogen-bond acceptors (Lipinski definition) is 3. The minimum Gasteiger partial charge on any atom is -0.480 e. The molecule has 1 aliphatic rings. The number of nitrogens with zero attached hydrogens (tertiary/aromatic N) is 1. The second kappa shape index (κ2) is 9.40. The van der Waals surface area contributed by atoms with Gasteiger partial charge in [0.15, 0.2) is 0 Å². The number of carboxylic acids is 1. The fourth-order valence-corrected chi connectivity index (χ4v) is 3.51. The van der Waals surface area contributed by atoms with E-state index in [2.05, 4.69) is 51.3 Å². The zero-order valence-electron chi connectivity index (χ0n) is 13.8. The van der Waals surface area contributed by atoms with E-state index in [1.165, 1.54) is 5.56 Å². The van der Waals surface area contributed by atoms with E-state index >= 15 is 0 Å². The molecule has 0 amide bonds. The molecule has 0 aromatic heterocycles. The second-order valence-electron chi connectivity index (χ2n) is 6.34. The van der Waals surface area contributed by atoms with Gasteiger partial charge in [0.1, 0.15) is 6.04 Å². The lowest BCUT2D eigenvalue weighted by Gasteiger charge is -2.34. The summed E-state index contributed by atoms with van der Waals surface area (Å²) in [5, 5.41) is 12.7. The van der Waals surface area contributed by atoms with Crippen LogP contribution in [0.3, 0.4) is 0 Å². The number of aliphatic carboxylic acids is 1. The van der Waals surface area contributed by atoms with Gasteiger partial charge in [-0.3, -0.25) is 9.69 Å². The van der Waals surface area contributed by atoms with Gasteiger partial charge in [0, 0.05) is 17.1 Å². The average Bonchev–Trinajstić information content (AvgIpc) is 2.55. The van der Waals surface area contributed by atoms with Crippen molar-refractivity contribution in [3.63, 3.8) is 0 Å². The minimum absolute atomic E-state index is 0.323. The van der Waals surface area contributed by atoms with Crippen LogP contribution in [0.4, 0.5) is 0 Å². The molecule has 0 unspecified atom stereocenters. The van der Waals surface area contributed by atoms with Crippen molar-refractivity contribution in [3.8, 4) is 0 Å². The summed E-state index contributed by atoms with van der Waals surface area (Å²) in [6.07, 6.45) is 4.75. The number of rotatable bonds is 8. The van der Waals surface area contributed by atoms with E-state index in [-0.39, 0.29) is 0 Å². The van der Waals surface area contributed by atoms with Gasteiger partial charge in [-0.1, -0.05) is 53.9 Å². The van der Waals surface area contributed by atoms with Crippen LogP contribution in [0, 0.1) is 0 Å². The molecule has 0 bridgehead atoms. The first-order valence-electron chi connectivity index (χ1n) is 8.54. The lowest BCUT2D eigenvalue weighted by molar-refractivity contribution is -0.140. The zero-order chi connectivity index (χ0) is 16.7. The standard InChI is InChI=1S/C18H27BrN2O2/c1-2-3-8-17(18(22)23)20-15-9-11-21(12-10-15)13-14-6-4-5-7-16(14)19/h4-7,15,17,20H,2-3,8-13H2,1H3,(H,22,23)/t17-/m0/s1. The summed E-state index contributed by atoms with van der Waals surface area (Å²) in [6, 6.07) is 8.26. The summed E-state index contributed by atoms with van der Waals surface area (Å²) < 4.78 is 1.16. The molecule has 1 aromatic carbocycles. The van der Waals surface area contributed by atoms with Gasteiger partial charge in [-0.25, -0.2) is 0 Å². The summed E-state index contributed by atoms with van der Waals surface area (Å²) in [5.41, 5.74) is 1.31. The number of piperidine rings is 1. The molecule has 128 valence electrons. The molecule has 0 aliphatic carbocycles. The Bertz CT molecular complexity index is 502. The molecule has 1 aliphatic heterocycles. The summed E-state index contributed by atoms with van der Waals surface area (Å²) in [5.74, 6) is -0.714. The maximum absolute atomic E-state index is 11.3. The molecule has 23 heavy (non-hydrogen) atoms. The molecule has 0 radical (unpaired) electrons. The first kappa shape index (κ1) is 18.4. The van der Waals surface area contributed by atoms with E-state index in [0.717, 1.165) is 56.2 Å². The van der Waals surface area contributed by atoms with Crippen LogP contribution in [0.2, 0.25) is 0 Å². The van der Waals surface area contributed by atoms with Crippen LogP contribution in [0.25, 0.3) is 0 Å². The van der Waals surface area contributed by atoms with E-state index in [1.807, 2.05) is 6.07 Å². The number of carbonyl (C=O) groups is 1. The summed E-state index contributed by atoms with van der Waals surface area (Å²) >= 11 is 3.60. The fourth-order valence-electron chi connectivity index (χ4n) is 3.10. The molecule has 2 N–H and O–H groups in total. The number of halogens is 1. The lowest BCUT2D eigenvalue weighted by Crippen LogP contribution is -2.48. The largest absolute Gasteiger partial charge is 0.480 e. The maximum atomic E-state index is 11.3. The first-order chi connectivity index (χ1) is 11.1. The molecule has 1 aromatic rings. The SMILES string of the molecule is CCCC[C@H](NC1CCN(Cc2ccccc2Br)CC1)C(=O)O. The topological polar surface area (TPSA) is 52.6 Å².